The molecule has 0 fully saturated rings. The van der Waals surface area contributed by atoms with Gasteiger partial charge in [0, 0.05) is 18.5 Å². The number of carbonyl (C=O) groups is 1. The summed E-state index contributed by atoms with van der Waals surface area (Å²) in [6.45, 7) is 4.11. The van der Waals surface area contributed by atoms with Crippen LogP contribution in [-0.2, 0) is 4.79 Å². The van der Waals surface area contributed by atoms with Crippen molar-refractivity contribution >= 4 is 5.97 Å². The Morgan fingerprint density at radius 1 is 1.31 bits per heavy atom. The van der Waals surface area contributed by atoms with Crippen LogP contribution in [0.4, 0.5) is 0 Å². The number of rotatable bonds is 6. The van der Waals surface area contributed by atoms with Gasteiger partial charge in [-0.25, -0.2) is 0 Å². The van der Waals surface area contributed by atoms with Crippen molar-refractivity contribution in [1.29, 1.82) is 0 Å². The lowest BCUT2D eigenvalue weighted by Gasteiger charge is -2.19. The van der Waals surface area contributed by atoms with Gasteiger partial charge in [0.05, 0.1) is 0 Å². The van der Waals surface area contributed by atoms with Crippen molar-refractivity contribution in [2.45, 2.75) is 38.8 Å². The Labute approximate surface area is 96.5 Å². The van der Waals surface area contributed by atoms with Crippen LogP contribution in [0, 0.1) is 0 Å². The fraction of sp³-hybridized carbons (Fsp3) is 0.462. The molecule has 0 aromatic heterocycles. The molecular formula is C13H19NO2. The molecule has 0 saturated carbocycles. The maximum atomic E-state index is 10.4. The van der Waals surface area contributed by atoms with Gasteiger partial charge in [-0.1, -0.05) is 30.3 Å². The Balaban J connectivity index is 2.39. The van der Waals surface area contributed by atoms with E-state index in [9.17, 15) is 4.79 Å². The lowest BCUT2D eigenvalue weighted by Crippen LogP contribution is -2.29. The minimum absolute atomic E-state index is 0.214. The second-order valence-electron chi connectivity index (χ2n) is 4.13. The molecule has 0 heterocycles. The van der Waals surface area contributed by atoms with Gasteiger partial charge in [0.15, 0.2) is 0 Å². The Bertz CT molecular complexity index is 324. The molecule has 3 nitrogen and oxygen atoms in total. The SMILES string of the molecule is CC(CCC(=O)O)N[C@H](C)c1ccccc1. The maximum absolute atomic E-state index is 10.4. The van der Waals surface area contributed by atoms with Crippen LogP contribution >= 0.6 is 0 Å². The third-order valence-electron chi connectivity index (χ3n) is 2.63. The smallest absolute Gasteiger partial charge is 0.303 e. The number of hydrogen-bond acceptors (Lipinski definition) is 2. The van der Waals surface area contributed by atoms with Crippen LogP contribution in [0.15, 0.2) is 30.3 Å². The molecule has 16 heavy (non-hydrogen) atoms. The first kappa shape index (κ1) is 12.7. The van der Waals surface area contributed by atoms with Crippen LogP contribution in [0.25, 0.3) is 0 Å². The standard InChI is InChI=1S/C13H19NO2/c1-10(8-9-13(15)16)14-11(2)12-6-4-3-5-7-12/h3-7,10-11,14H,8-9H2,1-2H3,(H,15,16)/t10?,11-/m1/s1. The molecule has 1 aromatic carbocycles. The van der Waals surface area contributed by atoms with Gasteiger partial charge in [-0.3, -0.25) is 4.79 Å². The van der Waals surface area contributed by atoms with E-state index < -0.39 is 5.97 Å². The first-order valence-corrected chi connectivity index (χ1v) is 5.62. The van der Waals surface area contributed by atoms with Crippen LogP contribution in [0.1, 0.15) is 38.3 Å². The number of aliphatic carboxylic acids is 1. The number of carboxylic acid groups (broad SMARTS) is 1. The van der Waals surface area contributed by atoms with E-state index in [-0.39, 0.29) is 18.5 Å². The van der Waals surface area contributed by atoms with Crippen LogP contribution < -0.4 is 5.32 Å². The second kappa shape index (κ2) is 6.28. The molecule has 1 rings (SSSR count). The minimum atomic E-state index is -0.735. The molecule has 0 amide bonds. The molecule has 0 saturated heterocycles. The fourth-order valence-corrected chi connectivity index (χ4v) is 1.69. The van der Waals surface area contributed by atoms with E-state index in [1.807, 2.05) is 25.1 Å². The quantitative estimate of drug-likeness (QED) is 0.776. The van der Waals surface area contributed by atoms with Crippen LogP contribution in [0.2, 0.25) is 0 Å². The van der Waals surface area contributed by atoms with E-state index in [1.165, 1.54) is 5.56 Å². The molecule has 2 atom stereocenters. The van der Waals surface area contributed by atoms with Gasteiger partial charge in [0.2, 0.25) is 0 Å². The fourth-order valence-electron chi connectivity index (χ4n) is 1.69. The number of nitrogens with one attached hydrogen (secondary N) is 1. The summed E-state index contributed by atoms with van der Waals surface area (Å²) in [4.78, 5) is 10.4. The number of benzene rings is 1. The van der Waals surface area contributed by atoms with E-state index in [0.717, 1.165) is 0 Å². The van der Waals surface area contributed by atoms with Crippen molar-refractivity contribution in [3.05, 3.63) is 35.9 Å². The molecule has 1 unspecified atom stereocenters. The molecule has 0 aliphatic carbocycles. The van der Waals surface area contributed by atoms with E-state index >= 15 is 0 Å². The van der Waals surface area contributed by atoms with Gasteiger partial charge in [-0.05, 0) is 25.8 Å². The molecular weight excluding hydrogens is 202 g/mol. The van der Waals surface area contributed by atoms with Gasteiger partial charge in [0.1, 0.15) is 0 Å². The van der Waals surface area contributed by atoms with Crippen LogP contribution in [0.5, 0.6) is 0 Å². The summed E-state index contributed by atoms with van der Waals surface area (Å²) in [5, 5.41) is 12.0. The van der Waals surface area contributed by atoms with Crippen molar-refractivity contribution in [1.82, 2.24) is 5.32 Å². The zero-order valence-corrected chi connectivity index (χ0v) is 9.81. The first-order valence-electron chi connectivity index (χ1n) is 5.62. The topological polar surface area (TPSA) is 49.3 Å². The van der Waals surface area contributed by atoms with Crippen molar-refractivity contribution in [2.75, 3.05) is 0 Å². The van der Waals surface area contributed by atoms with Crippen molar-refractivity contribution < 1.29 is 9.90 Å². The molecule has 0 radical (unpaired) electrons. The second-order valence-corrected chi connectivity index (χ2v) is 4.13. The summed E-state index contributed by atoms with van der Waals surface area (Å²) in [7, 11) is 0. The van der Waals surface area contributed by atoms with E-state index in [2.05, 4.69) is 24.4 Å². The zero-order valence-electron chi connectivity index (χ0n) is 9.81. The van der Waals surface area contributed by atoms with E-state index in [0.29, 0.717) is 6.42 Å². The maximum Gasteiger partial charge on any atom is 0.303 e. The molecule has 3 heteroatoms. The Morgan fingerprint density at radius 3 is 2.50 bits per heavy atom. The van der Waals surface area contributed by atoms with Gasteiger partial charge in [0.25, 0.3) is 0 Å². The van der Waals surface area contributed by atoms with Crippen LogP contribution in [-0.4, -0.2) is 17.1 Å². The van der Waals surface area contributed by atoms with Gasteiger partial charge in [-0.2, -0.15) is 0 Å². The average Bonchev–Trinajstić information content (AvgIpc) is 2.27. The van der Waals surface area contributed by atoms with Crippen molar-refractivity contribution in [2.24, 2.45) is 0 Å². The summed E-state index contributed by atoms with van der Waals surface area (Å²) in [6, 6.07) is 10.6. The molecule has 0 spiro atoms. The summed E-state index contributed by atoms with van der Waals surface area (Å²) in [5.41, 5.74) is 1.23. The Kier molecular flexibility index (Phi) is 4.99. The zero-order chi connectivity index (χ0) is 12.0. The first-order chi connectivity index (χ1) is 7.59. The van der Waals surface area contributed by atoms with E-state index in [1.54, 1.807) is 0 Å². The predicted molar refractivity (Wildman–Crippen MR) is 64.3 cm³/mol. The highest BCUT2D eigenvalue weighted by atomic mass is 16.4. The largest absolute Gasteiger partial charge is 0.481 e. The average molecular weight is 221 g/mol. The normalized spacial score (nSPS) is 14.4. The molecule has 1 aromatic rings. The lowest BCUT2D eigenvalue weighted by molar-refractivity contribution is -0.137. The van der Waals surface area contributed by atoms with E-state index in [4.69, 9.17) is 5.11 Å². The third-order valence-corrected chi connectivity index (χ3v) is 2.63. The Morgan fingerprint density at radius 2 is 1.94 bits per heavy atom. The summed E-state index contributed by atoms with van der Waals surface area (Å²) in [6.07, 6.45) is 0.877. The van der Waals surface area contributed by atoms with Gasteiger partial charge < -0.3 is 10.4 Å². The molecule has 0 aliphatic heterocycles. The summed E-state index contributed by atoms with van der Waals surface area (Å²) < 4.78 is 0. The summed E-state index contributed by atoms with van der Waals surface area (Å²) in [5.74, 6) is -0.735. The monoisotopic (exact) mass is 221 g/mol. The highest BCUT2D eigenvalue weighted by Crippen LogP contribution is 2.13. The van der Waals surface area contributed by atoms with Crippen molar-refractivity contribution in [3.8, 4) is 0 Å². The highest BCUT2D eigenvalue weighted by molar-refractivity contribution is 5.66. The van der Waals surface area contributed by atoms with Crippen LogP contribution in [0.3, 0.4) is 0 Å². The predicted octanol–water partition coefficient (Wildman–Crippen LogP) is 2.59. The van der Waals surface area contributed by atoms with Gasteiger partial charge in [-0.15, -0.1) is 0 Å². The molecule has 0 bridgehead atoms. The van der Waals surface area contributed by atoms with Crippen molar-refractivity contribution in [3.63, 3.8) is 0 Å². The molecule has 88 valence electrons. The number of carboxylic acids is 1. The lowest BCUT2D eigenvalue weighted by atomic mass is 10.1. The molecule has 0 aliphatic rings. The Hall–Kier alpha value is -1.35. The number of hydrogen-bond donors (Lipinski definition) is 2. The summed E-state index contributed by atoms with van der Waals surface area (Å²) >= 11 is 0. The minimum Gasteiger partial charge on any atom is -0.481 e. The third kappa shape index (κ3) is 4.45. The highest BCUT2D eigenvalue weighted by Gasteiger charge is 2.10. The molecule has 2 N–H and O–H groups in total. The van der Waals surface area contributed by atoms with Gasteiger partial charge >= 0.3 is 5.97 Å².